The molecule has 1 aliphatic carbocycles. The van der Waals surface area contributed by atoms with Crippen LogP contribution < -0.4 is 10.6 Å². The van der Waals surface area contributed by atoms with Crippen molar-refractivity contribution in [2.45, 2.75) is 85.6 Å². The maximum atomic E-state index is 12.9. The number of carbonyl (C=O) groups is 2. The van der Waals surface area contributed by atoms with Gasteiger partial charge in [-0.15, -0.1) is 0 Å². The minimum absolute atomic E-state index is 0.0811. The largest absolute Gasteiger partial charge is 0.354 e. The van der Waals surface area contributed by atoms with Gasteiger partial charge in [0.05, 0.1) is 5.54 Å². The number of amides is 1. The molecule has 0 aromatic heterocycles. The van der Waals surface area contributed by atoms with Gasteiger partial charge in [-0.2, -0.15) is 0 Å². The summed E-state index contributed by atoms with van der Waals surface area (Å²) in [4.78, 5) is 25.0. The normalized spacial score (nSPS) is 24.2. The van der Waals surface area contributed by atoms with Gasteiger partial charge >= 0.3 is 0 Å². The number of hydrogen-bond donors (Lipinski definition) is 2. The highest BCUT2D eigenvalue weighted by molar-refractivity contribution is 5.90. The van der Waals surface area contributed by atoms with Gasteiger partial charge in [-0.1, -0.05) is 47.5 Å². The Balaban J connectivity index is 2.47. The highest BCUT2D eigenvalue weighted by atomic mass is 16.2. The summed E-state index contributed by atoms with van der Waals surface area (Å²) < 4.78 is 0. The van der Waals surface area contributed by atoms with Crippen LogP contribution in [0, 0.1) is 17.3 Å². The third-order valence-corrected chi connectivity index (χ3v) is 6.06. The fourth-order valence-corrected chi connectivity index (χ4v) is 3.27. The first-order valence-corrected chi connectivity index (χ1v) is 9.74. The molecule has 0 aromatic rings. The third kappa shape index (κ3) is 5.58. The van der Waals surface area contributed by atoms with Gasteiger partial charge in [0, 0.05) is 24.4 Å². The van der Waals surface area contributed by atoms with Crippen LogP contribution in [0.2, 0.25) is 0 Å². The number of hydrogen-bond acceptors (Lipinski definition) is 3. The third-order valence-electron chi connectivity index (χ3n) is 6.06. The van der Waals surface area contributed by atoms with Crippen molar-refractivity contribution in [2.24, 2.45) is 17.3 Å². The Kier molecular flexibility index (Phi) is 7.91. The van der Waals surface area contributed by atoms with Crippen molar-refractivity contribution >= 4 is 11.7 Å². The molecule has 0 aromatic carbocycles. The van der Waals surface area contributed by atoms with E-state index >= 15 is 0 Å². The Morgan fingerprint density at radius 3 is 2.04 bits per heavy atom. The molecule has 1 fully saturated rings. The van der Waals surface area contributed by atoms with E-state index in [1.54, 1.807) is 0 Å². The minimum atomic E-state index is -0.476. The molecular formula is C20H38N2O2. The van der Waals surface area contributed by atoms with E-state index in [2.05, 4.69) is 24.5 Å². The molecule has 4 nitrogen and oxygen atoms in total. The molecule has 1 amide bonds. The number of ketones is 1. The summed E-state index contributed by atoms with van der Waals surface area (Å²) in [5, 5.41) is 6.40. The molecule has 1 atom stereocenters. The zero-order chi connectivity index (χ0) is 18.4. The lowest BCUT2D eigenvalue weighted by Gasteiger charge is -2.35. The van der Waals surface area contributed by atoms with Crippen LogP contribution in [-0.4, -0.2) is 30.3 Å². The molecule has 2 N–H and O–H groups in total. The summed E-state index contributed by atoms with van der Waals surface area (Å²) in [6.07, 6.45) is 5.98. The standard InChI is InChI=1S/C20H38N2O2/c1-7-19(4,5)18(24)21-13-14-22-20(6,8-2)17(23)16-11-9-15(3)10-12-16/h15-16,22H,7-14H2,1-6H3,(H,21,24). The van der Waals surface area contributed by atoms with Gasteiger partial charge in [0.15, 0.2) is 5.78 Å². The highest BCUT2D eigenvalue weighted by Gasteiger charge is 2.37. The Hall–Kier alpha value is -0.900. The fraction of sp³-hybridized carbons (Fsp3) is 0.900. The summed E-state index contributed by atoms with van der Waals surface area (Å²) in [6, 6.07) is 0. The minimum Gasteiger partial charge on any atom is -0.354 e. The average molecular weight is 339 g/mol. The van der Waals surface area contributed by atoms with Crippen molar-refractivity contribution < 1.29 is 9.59 Å². The Labute approximate surface area is 148 Å². The van der Waals surface area contributed by atoms with Crippen molar-refractivity contribution in [1.82, 2.24) is 10.6 Å². The molecule has 0 radical (unpaired) electrons. The van der Waals surface area contributed by atoms with Crippen LogP contribution >= 0.6 is 0 Å². The molecule has 0 bridgehead atoms. The van der Waals surface area contributed by atoms with Gasteiger partial charge in [0.1, 0.15) is 0 Å². The quantitative estimate of drug-likeness (QED) is 0.630. The van der Waals surface area contributed by atoms with Crippen molar-refractivity contribution in [3.05, 3.63) is 0 Å². The zero-order valence-corrected chi connectivity index (χ0v) is 16.6. The highest BCUT2D eigenvalue weighted by Crippen LogP contribution is 2.32. The van der Waals surface area contributed by atoms with Gasteiger partial charge in [0.2, 0.25) is 5.91 Å². The topological polar surface area (TPSA) is 58.2 Å². The first-order chi connectivity index (χ1) is 11.2. The van der Waals surface area contributed by atoms with E-state index in [-0.39, 0.29) is 17.2 Å². The van der Waals surface area contributed by atoms with Gasteiger partial charge in [-0.25, -0.2) is 0 Å². The SMILES string of the molecule is CCC(C)(C)C(=O)NCCNC(C)(CC)C(=O)C1CCC(C)CC1. The van der Waals surface area contributed by atoms with Gasteiger partial charge < -0.3 is 10.6 Å². The van der Waals surface area contributed by atoms with Gasteiger partial charge in [-0.05, 0) is 38.5 Å². The molecule has 1 saturated carbocycles. The number of Topliss-reactive ketones (excluding diaryl/α,β-unsaturated/α-hetero) is 1. The van der Waals surface area contributed by atoms with Crippen LogP contribution in [0.15, 0.2) is 0 Å². The van der Waals surface area contributed by atoms with E-state index in [1.165, 1.54) is 12.8 Å². The Bertz CT molecular complexity index is 425. The van der Waals surface area contributed by atoms with Gasteiger partial charge in [0.25, 0.3) is 0 Å². The molecule has 4 heteroatoms. The van der Waals surface area contributed by atoms with Crippen molar-refractivity contribution in [1.29, 1.82) is 0 Å². The van der Waals surface area contributed by atoms with Crippen LogP contribution in [-0.2, 0) is 9.59 Å². The lowest BCUT2D eigenvalue weighted by molar-refractivity contribution is -0.130. The maximum Gasteiger partial charge on any atom is 0.225 e. The maximum absolute atomic E-state index is 12.9. The van der Waals surface area contributed by atoms with Crippen molar-refractivity contribution in [2.75, 3.05) is 13.1 Å². The monoisotopic (exact) mass is 338 g/mol. The molecule has 0 heterocycles. The number of carbonyl (C=O) groups excluding carboxylic acids is 2. The first-order valence-electron chi connectivity index (χ1n) is 9.74. The summed E-state index contributed by atoms with van der Waals surface area (Å²) in [6.45, 7) is 13.5. The Morgan fingerprint density at radius 2 is 1.54 bits per heavy atom. The number of rotatable bonds is 9. The van der Waals surface area contributed by atoms with E-state index in [0.29, 0.717) is 18.9 Å². The summed E-state index contributed by atoms with van der Waals surface area (Å²) in [5.74, 6) is 1.40. The molecule has 0 aliphatic heterocycles. The molecule has 1 unspecified atom stereocenters. The molecule has 140 valence electrons. The van der Waals surface area contributed by atoms with E-state index in [1.807, 2.05) is 27.7 Å². The van der Waals surface area contributed by atoms with Crippen LogP contribution in [0.5, 0.6) is 0 Å². The average Bonchev–Trinajstić information content (AvgIpc) is 2.58. The predicted molar refractivity (Wildman–Crippen MR) is 99.9 cm³/mol. The number of nitrogens with one attached hydrogen (secondary N) is 2. The molecule has 24 heavy (non-hydrogen) atoms. The van der Waals surface area contributed by atoms with E-state index < -0.39 is 5.54 Å². The van der Waals surface area contributed by atoms with E-state index in [4.69, 9.17) is 0 Å². The van der Waals surface area contributed by atoms with E-state index in [9.17, 15) is 9.59 Å². The second kappa shape index (κ2) is 8.98. The van der Waals surface area contributed by atoms with Gasteiger partial charge in [-0.3, -0.25) is 9.59 Å². The molecule has 1 aliphatic rings. The van der Waals surface area contributed by atoms with Crippen LogP contribution in [0.1, 0.15) is 80.1 Å². The smallest absolute Gasteiger partial charge is 0.225 e. The van der Waals surface area contributed by atoms with Crippen molar-refractivity contribution in [3.63, 3.8) is 0 Å². The summed E-state index contributed by atoms with van der Waals surface area (Å²) >= 11 is 0. The lowest BCUT2D eigenvalue weighted by Crippen LogP contribution is -2.54. The summed E-state index contributed by atoms with van der Waals surface area (Å²) in [5.41, 5.74) is -0.807. The second-order valence-corrected chi connectivity index (χ2v) is 8.43. The first kappa shape index (κ1) is 21.1. The molecule has 0 saturated heterocycles. The zero-order valence-electron chi connectivity index (χ0n) is 16.6. The van der Waals surface area contributed by atoms with Crippen LogP contribution in [0.3, 0.4) is 0 Å². The van der Waals surface area contributed by atoms with E-state index in [0.717, 1.165) is 31.6 Å². The second-order valence-electron chi connectivity index (χ2n) is 8.43. The molecule has 0 spiro atoms. The fourth-order valence-electron chi connectivity index (χ4n) is 3.27. The lowest BCUT2D eigenvalue weighted by atomic mass is 9.75. The Morgan fingerprint density at radius 1 is 0.958 bits per heavy atom. The van der Waals surface area contributed by atoms with Crippen molar-refractivity contribution in [3.8, 4) is 0 Å². The van der Waals surface area contributed by atoms with Crippen LogP contribution in [0.25, 0.3) is 0 Å². The summed E-state index contributed by atoms with van der Waals surface area (Å²) in [7, 11) is 0. The predicted octanol–water partition coefficient (Wildman–Crippen LogP) is 3.69. The molecule has 1 rings (SSSR count). The molecular weight excluding hydrogens is 300 g/mol. The van der Waals surface area contributed by atoms with Crippen LogP contribution in [0.4, 0.5) is 0 Å².